The molecular formula is C16H18O5Se. The van der Waals surface area contributed by atoms with Gasteiger partial charge in [0, 0.05) is 0 Å². The fourth-order valence-electron chi connectivity index (χ4n) is 2.32. The molecule has 0 aliphatic heterocycles. The van der Waals surface area contributed by atoms with Gasteiger partial charge >= 0.3 is 134 Å². The van der Waals surface area contributed by atoms with Crippen LogP contribution in [0, 0.1) is 5.92 Å². The van der Waals surface area contributed by atoms with Crippen LogP contribution < -0.4 is 9.47 Å². The van der Waals surface area contributed by atoms with Crippen LogP contribution in [-0.4, -0.2) is 45.6 Å². The Hall–Kier alpha value is -1.78. The number of fused-ring (bicyclic) bond motifs is 1. The molecule has 1 aromatic heterocycles. The van der Waals surface area contributed by atoms with Crippen molar-refractivity contribution in [3.05, 3.63) is 22.6 Å². The number of methoxy groups -OCH3 is 2. The normalized spacial score (nSPS) is 12.1. The van der Waals surface area contributed by atoms with Crippen molar-refractivity contribution in [3.63, 3.8) is 0 Å². The minimum absolute atomic E-state index is 0.0565. The summed E-state index contributed by atoms with van der Waals surface area (Å²) in [5.74, 6) is -0.183. The second kappa shape index (κ2) is 6.99. The van der Waals surface area contributed by atoms with Crippen molar-refractivity contribution in [1.82, 2.24) is 0 Å². The molecule has 0 saturated carbocycles. The molecule has 6 heteroatoms. The first-order chi connectivity index (χ1) is 10.5. The molecule has 0 fully saturated rings. The maximum absolute atomic E-state index is 12.5. The first kappa shape index (κ1) is 16.6. The van der Waals surface area contributed by atoms with Gasteiger partial charge in [-0.1, -0.05) is 0 Å². The first-order valence-electron chi connectivity index (χ1n) is 6.91. The van der Waals surface area contributed by atoms with E-state index >= 15 is 0 Å². The van der Waals surface area contributed by atoms with E-state index in [1.807, 2.05) is 25.1 Å². The van der Waals surface area contributed by atoms with Crippen LogP contribution in [0.3, 0.4) is 0 Å². The van der Waals surface area contributed by atoms with Crippen molar-refractivity contribution in [1.29, 1.82) is 0 Å². The van der Waals surface area contributed by atoms with Gasteiger partial charge in [-0.25, -0.2) is 0 Å². The van der Waals surface area contributed by atoms with Crippen LogP contribution in [0.5, 0.6) is 11.5 Å². The second-order valence-electron chi connectivity index (χ2n) is 4.92. The predicted molar refractivity (Wildman–Crippen MR) is 84.4 cm³/mol. The molecule has 0 aliphatic carbocycles. The molecule has 0 aliphatic rings. The molecule has 1 unspecified atom stereocenters. The van der Waals surface area contributed by atoms with Gasteiger partial charge in [0.25, 0.3) is 0 Å². The Bertz CT molecular complexity index is 663. The third-order valence-electron chi connectivity index (χ3n) is 3.55. The Balaban J connectivity index is 2.40. The monoisotopic (exact) mass is 370 g/mol. The Morgan fingerprint density at radius 3 is 2.36 bits per heavy atom. The number of hydrogen-bond donors (Lipinski definition) is 1. The van der Waals surface area contributed by atoms with Crippen LogP contribution in [0.25, 0.3) is 9.65 Å². The Kier molecular flexibility index (Phi) is 5.27. The Morgan fingerprint density at radius 2 is 1.82 bits per heavy atom. The number of carboxylic acids is 1. The molecule has 1 aromatic carbocycles. The van der Waals surface area contributed by atoms with Gasteiger partial charge in [0.1, 0.15) is 0 Å². The third kappa shape index (κ3) is 3.34. The average molecular weight is 369 g/mol. The van der Waals surface area contributed by atoms with Gasteiger partial charge < -0.3 is 0 Å². The van der Waals surface area contributed by atoms with Crippen LogP contribution in [0.4, 0.5) is 0 Å². The van der Waals surface area contributed by atoms with E-state index in [0.29, 0.717) is 22.4 Å². The summed E-state index contributed by atoms with van der Waals surface area (Å²) in [6, 6.07) is 5.60. The fourth-order valence-corrected chi connectivity index (χ4v) is 4.61. The molecule has 0 bridgehead atoms. The van der Waals surface area contributed by atoms with E-state index in [1.54, 1.807) is 14.2 Å². The van der Waals surface area contributed by atoms with Crippen molar-refractivity contribution >= 4 is 35.9 Å². The van der Waals surface area contributed by atoms with Gasteiger partial charge in [0.05, 0.1) is 0 Å². The molecular weight excluding hydrogens is 351 g/mol. The van der Waals surface area contributed by atoms with Gasteiger partial charge in [-0.3, -0.25) is 0 Å². The van der Waals surface area contributed by atoms with Crippen molar-refractivity contribution in [2.75, 3.05) is 14.2 Å². The summed E-state index contributed by atoms with van der Waals surface area (Å²) >= 11 is -0.127. The number of carboxylic acid groups (broad SMARTS) is 1. The topological polar surface area (TPSA) is 72.8 Å². The van der Waals surface area contributed by atoms with E-state index in [0.717, 1.165) is 9.65 Å². The van der Waals surface area contributed by atoms with Crippen LogP contribution in [-0.2, 0) is 4.79 Å². The van der Waals surface area contributed by atoms with Crippen molar-refractivity contribution in [2.24, 2.45) is 5.92 Å². The number of Topliss-reactive ketones (excluding diaryl/α,β-unsaturated/α-hetero) is 1. The molecule has 0 saturated heterocycles. The zero-order chi connectivity index (χ0) is 16.3. The summed E-state index contributed by atoms with van der Waals surface area (Å²) < 4.78 is 12.3. The maximum atomic E-state index is 12.5. The SMILES string of the molecule is CCC(CC(=O)O)C(=O)c1cc2cc(OC)c(OC)cc2[se]1. The molecule has 2 aromatic rings. The number of ether oxygens (including phenoxy) is 2. The van der Waals surface area contributed by atoms with E-state index in [2.05, 4.69) is 0 Å². The van der Waals surface area contributed by atoms with Crippen LogP contribution in [0.2, 0.25) is 0 Å². The van der Waals surface area contributed by atoms with Gasteiger partial charge in [-0.05, 0) is 0 Å². The van der Waals surface area contributed by atoms with Crippen molar-refractivity contribution in [2.45, 2.75) is 19.8 Å². The molecule has 1 N–H and O–H groups in total. The van der Waals surface area contributed by atoms with E-state index < -0.39 is 11.9 Å². The first-order valence-corrected chi connectivity index (χ1v) is 8.63. The van der Waals surface area contributed by atoms with Gasteiger partial charge in [-0.2, -0.15) is 0 Å². The molecule has 0 radical (unpaired) electrons. The van der Waals surface area contributed by atoms with Crippen LogP contribution >= 0.6 is 0 Å². The van der Waals surface area contributed by atoms with E-state index in [4.69, 9.17) is 14.6 Å². The molecule has 0 amide bonds. The fraction of sp³-hybridized carbons (Fsp3) is 0.375. The number of rotatable bonds is 7. The number of benzene rings is 1. The zero-order valence-corrected chi connectivity index (χ0v) is 14.4. The number of carbonyl (C=O) groups excluding carboxylic acids is 1. The molecule has 0 spiro atoms. The standard InChI is InChI=1S/C16H18O5Se/c1-4-9(7-15(17)18)16(19)14-6-10-5-11(20-2)12(21-3)8-13(10)22-14/h5-6,8-9H,4,7H2,1-3H3,(H,17,18). The quantitative estimate of drug-likeness (QED) is 0.600. The molecule has 1 heterocycles. The second-order valence-corrected chi connectivity index (χ2v) is 7.20. The van der Waals surface area contributed by atoms with Gasteiger partial charge in [0.15, 0.2) is 0 Å². The third-order valence-corrected chi connectivity index (χ3v) is 5.88. The van der Waals surface area contributed by atoms with E-state index in [1.165, 1.54) is 0 Å². The number of ketones is 1. The molecule has 118 valence electrons. The van der Waals surface area contributed by atoms with Crippen LogP contribution in [0.1, 0.15) is 29.0 Å². The molecule has 2 rings (SSSR count). The van der Waals surface area contributed by atoms with E-state index in [9.17, 15) is 9.59 Å². The van der Waals surface area contributed by atoms with Crippen LogP contribution in [0.15, 0.2) is 18.2 Å². The molecule has 1 atom stereocenters. The van der Waals surface area contributed by atoms with Gasteiger partial charge in [0.2, 0.25) is 0 Å². The predicted octanol–water partition coefficient (Wildman–Crippen LogP) is 2.60. The van der Waals surface area contributed by atoms with E-state index in [-0.39, 0.29) is 26.7 Å². The number of carbonyl (C=O) groups is 2. The summed E-state index contributed by atoms with van der Waals surface area (Å²) in [5.41, 5.74) is 0. The summed E-state index contributed by atoms with van der Waals surface area (Å²) in [6.07, 6.45) is 0.410. The molecule has 22 heavy (non-hydrogen) atoms. The summed E-state index contributed by atoms with van der Waals surface area (Å²) in [5, 5.41) is 9.87. The van der Waals surface area contributed by atoms with Crippen molar-refractivity contribution < 1.29 is 24.2 Å². The summed E-state index contributed by atoms with van der Waals surface area (Å²) in [6.45, 7) is 1.84. The summed E-state index contributed by atoms with van der Waals surface area (Å²) in [7, 11) is 3.14. The summed E-state index contributed by atoms with van der Waals surface area (Å²) in [4.78, 5) is 23.4. The number of aliphatic carboxylic acids is 1. The zero-order valence-electron chi connectivity index (χ0n) is 12.7. The number of hydrogen-bond acceptors (Lipinski definition) is 4. The molecule has 5 nitrogen and oxygen atoms in total. The Morgan fingerprint density at radius 1 is 1.18 bits per heavy atom. The van der Waals surface area contributed by atoms with Gasteiger partial charge in [-0.15, -0.1) is 0 Å². The van der Waals surface area contributed by atoms with Crippen molar-refractivity contribution in [3.8, 4) is 11.5 Å². The minimum atomic E-state index is -0.938. The average Bonchev–Trinajstić information content (AvgIpc) is 2.92. The Labute approximate surface area is 134 Å².